The van der Waals surface area contributed by atoms with Gasteiger partial charge in [0.2, 0.25) is 0 Å². The van der Waals surface area contributed by atoms with Crippen molar-refractivity contribution < 1.29 is 9.60 Å². The van der Waals surface area contributed by atoms with E-state index in [2.05, 4.69) is 20.4 Å². The number of benzene rings is 1. The monoisotopic (exact) mass is 275 g/mol. The molecule has 0 aliphatic heterocycles. The summed E-state index contributed by atoms with van der Waals surface area (Å²) in [5, 5.41) is 14.4. The van der Waals surface area contributed by atoms with Gasteiger partial charge >= 0.3 is 0 Å². The highest BCUT2D eigenvalue weighted by molar-refractivity contribution is 5.97. The number of aromatic nitrogens is 2. The third-order valence-corrected chi connectivity index (χ3v) is 2.72. The van der Waals surface area contributed by atoms with Crippen molar-refractivity contribution in [2.24, 2.45) is 10.9 Å². The SMILES string of the molecule is N/C(=N/O)c1ccc(CNCc2ccncn2)c(F)c1. The van der Waals surface area contributed by atoms with Gasteiger partial charge in [-0.15, -0.1) is 0 Å². The van der Waals surface area contributed by atoms with Crippen LogP contribution in [-0.4, -0.2) is 21.0 Å². The quantitative estimate of drug-likeness (QED) is 0.327. The van der Waals surface area contributed by atoms with Crippen LogP contribution in [-0.2, 0) is 13.1 Å². The van der Waals surface area contributed by atoms with E-state index in [9.17, 15) is 4.39 Å². The van der Waals surface area contributed by atoms with E-state index in [-0.39, 0.29) is 5.84 Å². The first kappa shape index (κ1) is 13.9. The molecule has 1 aromatic carbocycles. The van der Waals surface area contributed by atoms with Crippen molar-refractivity contribution in [3.8, 4) is 0 Å². The van der Waals surface area contributed by atoms with Gasteiger partial charge < -0.3 is 16.3 Å². The summed E-state index contributed by atoms with van der Waals surface area (Å²) in [6.07, 6.45) is 3.11. The molecule has 0 saturated carbocycles. The maximum atomic E-state index is 13.8. The Bertz CT molecular complexity index is 603. The second-order valence-corrected chi connectivity index (χ2v) is 4.10. The third kappa shape index (κ3) is 3.48. The summed E-state index contributed by atoms with van der Waals surface area (Å²) in [4.78, 5) is 7.87. The normalized spacial score (nSPS) is 11.6. The van der Waals surface area contributed by atoms with Gasteiger partial charge in [-0.3, -0.25) is 0 Å². The summed E-state index contributed by atoms with van der Waals surface area (Å²) in [6.45, 7) is 0.871. The third-order valence-electron chi connectivity index (χ3n) is 2.72. The summed E-state index contributed by atoms with van der Waals surface area (Å²) >= 11 is 0. The van der Waals surface area contributed by atoms with Crippen molar-refractivity contribution in [1.29, 1.82) is 0 Å². The minimum Gasteiger partial charge on any atom is -0.409 e. The molecule has 1 heterocycles. The van der Waals surface area contributed by atoms with Crippen LogP contribution in [0.25, 0.3) is 0 Å². The molecule has 0 atom stereocenters. The number of hydrogen-bond acceptors (Lipinski definition) is 5. The van der Waals surface area contributed by atoms with E-state index in [1.165, 1.54) is 12.4 Å². The Labute approximate surface area is 115 Å². The molecule has 2 aromatic rings. The lowest BCUT2D eigenvalue weighted by Crippen LogP contribution is -2.16. The van der Waals surface area contributed by atoms with Gasteiger partial charge in [0.15, 0.2) is 5.84 Å². The van der Waals surface area contributed by atoms with Crippen molar-refractivity contribution in [2.75, 3.05) is 0 Å². The molecule has 0 amide bonds. The van der Waals surface area contributed by atoms with Crippen LogP contribution in [0.4, 0.5) is 4.39 Å². The first-order valence-electron chi connectivity index (χ1n) is 5.92. The molecule has 0 fully saturated rings. The highest BCUT2D eigenvalue weighted by atomic mass is 19.1. The Hall–Kier alpha value is -2.54. The van der Waals surface area contributed by atoms with Crippen molar-refractivity contribution in [2.45, 2.75) is 13.1 Å². The topological polar surface area (TPSA) is 96.4 Å². The Morgan fingerprint density at radius 3 is 2.85 bits per heavy atom. The van der Waals surface area contributed by atoms with Crippen molar-refractivity contribution in [3.63, 3.8) is 0 Å². The van der Waals surface area contributed by atoms with Crippen LogP contribution in [0, 0.1) is 5.82 Å². The van der Waals surface area contributed by atoms with E-state index >= 15 is 0 Å². The van der Waals surface area contributed by atoms with Gasteiger partial charge in [0.25, 0.3) is 0 Å². The summed E-state index contributed by atoms with van der Waals surface area (Å²) in [5.74, 6) is -0.534. The first-order chi connectivity index (χ1) is 9.70. The first-order valence-corrected chi connectivity index (χ1v) is 5.92. The van der Waals surface area contributed by atoms with E-state index in [0.29, 0.717) is 24.2 Å². The molecule has 0 bridgehead atoms. The lowest BCUT2D eigenvalue weighted by Gasteiger charge is -2.07. The standard InChI is InChI=1S/C13H14FN5O/c14-12-5-9(13(15)19-20)1-2-10(12)6-17-7-11-3-4-16-8-18-11/h1-5,8,17,20H,6-7H2,(H2,15,19). The van der Waals surface area contributed by atoms with E-state index in [1.54, 1.807) is 24.4 Å². The number of hydrogen-bond donors (Lipinski definition) is 3. The molecule has 7 heteroatoms. The Balaban J connectivity index is 1.97. The predicted octanol–water partition coefficient (Wildman–Crippen LogP) is 1.000. The zero-order valence-corrected chi connectivity index (χ0v) is 10.6. The average Bonchev–Trinajstić information content (AvgIpc) is 2.49. The number of nitrogens with zero attached hydrogens (tertiary/aromatic N) is 3. The largest absolute Gasteiger partial charge is 0.409 e. The van der Waals surface area contributed by atoms with Crippen molar-refractivity contribution in [1.82, 2.24) is 15.3 Å². The highest BCUT2D eigenvalue weighted by Crippen LogP contribution is 2.10. The fraction of sp³-hybridized carbons (Fsp3) is 0.154. The number of halogens is 1. The highest BCUT2D eigenvalue weighted by Gasteiger charge is 2.06. The van der Waals surface area contributed by atoms with E-state index in [4.69, 9.17) is 10.9 Å². The van der Waals surface area contributed by atoms with Crippen LogP contribution >= 0.6 is 0 Å². The number of oxime groups is 1. The Morgan fingerprint density at radius 2 is 2.20 bits per heavy atom. The molecule has 20 heavy (non-hydrogen) atoms. The lowest BCUT2D eigenvalue weighted by atomic mass is 10.1. The second-order valence-electron chi connectivity index (χ2n) is 4.10. The van der Waals surface area contributed by atoms with Gasteiger partial charge in [-0.1, -0.05) is 17.3 Å². The minimum absolute atomic E-state index is 0.121. The minimum atomic E-state index is -0.413. The molecule has 0 radical (unpaired) electrons. The van der Waals surface area contributed by atoms with Gasteiger partial charge in [-0.2, -0.15) is 0 Å². The Morgan fingerprint density at radius 1 is 1.35 bits per heavy atom. The molecular formula is C13H14FN5O. The molecule has 1 aromatic heterocycles. The van der Waals surface area contributed by atoms with Crippen molar-refractivity contribution in [3.05, 3.63) is 59.4 Å². The number of rotatable bonds is 5. The van der Waals surface area contributed by atoms with Gasteiger partial charge in [0.05, 0.1) is 5.69 Å². The van der Waals surface area contributed by atoms with Gasteiger partial charge in [-0.25, -0.2) is 14.4 Å². The lowest BCUT2D eigenvalue weighted by molar-refractivity contribution is 0.318. The molecule has 6 nitrogen and oxygen atoms in total. The zero-order valence-electron chi connectivity index (χ0n) is 10.6. The molecule has 2 rings (SSSR count). The van der Waals surface area contributed by atoms with Crippen LogP contribution in [0.15, 0.2) is 41.9 Å². The molecular weight excluding hydrogens is 261 g/mol. The number of amidine groups is 1. The van der Waals surface area contributed by atoms with Gasteiger partial charge in [0.1, 0.15) is 12.1 Å². The maximum Gasteiger partial charge on any atom is 0.170 e. The molecule has 0 unspecified atom stereocenters. The molecule has 0 saturated heterocycles. The fourth-order valence-electron chi connectivity index (χ4n) is 1.66. The van der Waals surface area contributed by atoms with Crippen molar-refractivity contribution >= 4 is 5.84 Å². The van der Waals surface area contributed by atoms with Crippen LogP contribution in [0.3, 0.4) is 0 Å². The van der Waals surface area contributed by atoms with E-state index < -0.39 is 5.82 Å². The zero-order chi connectivity index (χ0) is 14.4. The number of nitrogens with two attached hydrogens (primary N) is 1. The Kier molecular flexibility index (Phi) is 4.56. The van der Waals surface area contributed by atoms with Crippen LogP contribution in [0.5, 0.6) is 0 Å². The number of nitrogens with one attached hydrogen (secondary N) is 1. The molecule has 4 N–H and O–H groups in total. The van der Waals surface area contributed by atoms with Gasteiger partial charge in [-0.05, 0) is 12.1 Å². The fourth-order valence-corrected chi connectivity index (χ4v) is 1.66. The summed E-state index contributed by atoms with van der Waals surface area (Å²) in [7, 11) is 0. The van der Waals surface area contributed by atoms with Crippen LogP contribution < -0.4 is 11.1 Å². The molecule has 0 spiro atoms. The predicted molar refractivity (Wildman–Crippen MR) is 71.5 cm³/mol. The average molecular weight is 275 g/mol. The maximum absolute atomic E-state index is 13.8. The molecule has 0 aliphatic rings. The van der Waals surface area contributed by atoms with E-state index in [1.807, 2.05) is 0 Å². The molecule has 0 aliphatic carbocycles. The molecule has 104 valence electrons. The van der Waals surface area contributed by atoms with Crippen LogP contribution in [0.2, 0.25) is 0 Å². The summed E-state index contributed by atoms with van der Waals surface area (Å²) < 4.78 is 13.8. The second kappa shape index (κ2) is 6.58. The van der Waals surface area contributed by atoms with E-state index in [0.717, 1.165) is 5.69 Å². The smallest absolute Gasteiger partial charge is 0.170 e. The summed E-state index contributed by atoms with van der Waals surface area (Å²) in [5.41, 5.74) is 7.05. The van der Waals surface area contributed by atoms with Crippen LogP contribution in [0.1, 0.15) is 16.8 Å². The van der Waals surface area contributed by atoms with Gasteiger partial charge in [0, 0.05) is 30.4 Å². The summed E-state index contributed by atoms with van der Waals surface area (Å²) in [6, 6.07) is 6.21.